The molecule has 4 rings (SSSR count). The van der Waals surface area contributed by atoms with Crippen LogP contribution < -0.4 is 10.3 Å². The highest BCUT2D eigenvalue weighted by Crippen LogP contribution is 2.24. The fraction of sp³-hybridized carbons (Fsp3) is 0.571. The minimum Gasteiger partial charge on any atom is -0.368 e. The molecule has 1 amide bonds. The van der Waals surface area contributed by atoms with Crippen LogP contribution >= 0.6 is 0 Å². The molecule has 34 heavy (non-hydrogen) atoms. The molecular weight excluding hydrogens is 424 g/mol. The van der Waals surface area contributed by atoms with E-state index >= 15 is 0 Å². The highest BCUT2D eigenvalue weighted by molar-refractivity contribution is 5.95. The fourth-order valence-corrected chi connectivity index (χ4v) is 5.88. The van der Waals surface area contributed by atoms with E-state index in [0.717, 1.165) is 44.1 Å². The number of piperazine rings is 1. The SMILES string of the molecule is CCc1c(C(=O)N2CCN(c3ccc(C)cc3C)CC2)c(=O)cc(C)n1C[C@H]1CCCN1CC. The van der Waals surface area contributed by atoms with E-state index in [1.54, 1.807) is 6.07 Å². The van der Waals surface area contributed by atoms with Gasteiger partial charge >= 0.3 is 0 Å². The average molecular weight is 465 g/mol. The molecule has 0 bridgehead atoms. The van der Waals surface area contributed by atoms with Crippen LogP contribution in [0.5, 0.6) is 0 Å². The largest absolute Gasteiger partial charge is 0.368 e. The third-order valence-electron chi connectivity index (χ3n) is 7.73. The van der Waals surface area contributed by atoms with Crippen LogP contribution in [0.3, 0.4) is 0 Å². The van der Waals surface area contributed by atoms with E-state index in [0.29, 0.717) is 31.1 Å². The Morgan fingerprint density at radius 1 is 1.00 bits per heavy atom. The molecular formula is C28H40N4O2. The van der Waals surface area contributed by atoms with Crippen LogP contribution in [0.25, 0.3) is 0 Å². The fourth-order valence-electron chi connectivity index (χ4n) is 5.88. The van der Waals surface area contributed by atoms with Crippen LogP contribution in [0, 0.1) is 20.8 Å². The predicted molar refractivity (Wildman–Crippen MR) is 139 cm³/mol. The molecule has 1 atom stereocenters. The van der Waals surface area contributed by atoms with Crippen LogP contribution in [0.1, 0.15) is 59.6 Å². The predicted octanol–water partition coefficient (Wildman–Crippen LogP) is 3.78. The molecule has 2 saturated heterocycles. The zero-order chi connectivity index (χ0) is 24.4. The van der Waals surface area contributed by atoms with Crippen LogP contribution in [0.4, 0.5) is 5.69 Å². The summed E-state index contributed by atoms with van der Waals surface area (Å²) in [5, 5.41) is 0. The van der Waals surface area contributed by atoms with E-state index in [1.165, 1.54) is 29.7 Å². The lowest BCUT2D eigenvalue weighted by Gasteiger charge is -2.37. The first-order valence-electron chi connectivity index (χ1n) is 12.9. The van der Waals surface area contributed by atoms with Gasteiger partial charge in [0, 0.05) is 61.9 Å². The van der Waals surface area contributed by atoms with Gasteiger partial charge in [-0.05, 0) is 64.8 Å². The molecule has 0 unspecified atom stereocenters. The molecule has 6 nitrogen and oxygen atoms in total. The molecule has 2 aliphatic heterocycles. The van der Waals surface area contributed by atoms with Gasteiger partial charge in [0.05, 0.1) is 0 Å². The molecule has 2 aliphatic rings. The van der Waals surface area contributed by atoms with E-state index in [1.807, 2.05) is 11.8 Å². The lowest BCUT2D eigenvalue weighted by Crippen LogP contribution is -2.50. The monoisotopic (exact) mass is 464 g/mol. The third-order valence-corrected chi connectivity index (χ3v) is 7.73. The lowest BCUT2D eigenvalue weighted by atomic mass is 10.1. The summed E-state index contributed by atoms with van der Waals surface area (Å²) in [5.41, 5.74) is 5.87. The molecule has 0 aliphatic carbocycles. The van der Waals surface area contributed by atoms with Crippen LogP contribution in [-0.2, 0) is 13.0 Å². The molecule has 6 heteroatoms. The first-order valence-corrected chi connectivity index (χ1v) is 12.9. The summed E-state index contributed by atoms with van der Waals surface area (Å²) in [6, 6.07) is 8.67. The number of aromatic nitrogens is 1. The minimum absolute atomic E-state index is 0.102. The van der Waals surface area contributed by atoms with Crippen molar-refractivity contribution in [1.82, 2.24) is 14.4 Å². The maximum absolute atomic E-state index is 13.7. The van der Waals surface area contributed by atoms with Crippen molar-refractivity contribution in [2.24, 2.45) is 0 Å². The van der Waals surface area contributed by atoms with Crippen LogP contribution in [0.2, 0.25) is 0 Å². The Labute approximate surface area is 204 Å². The zero-order valence-corrected chi connectivity index (χ0v) is 21.6. The molecule has 1 aromatic heterocycles. The van der Waals surface area contributed by atoms with Crippen molar-refractivity contribution in [2.45, 2.75) is 66.5 Å². The number of anilines is 1. The molecule has 0 radical (unpaired) electrons. The zero-order valence-electron chi connectivity index (χ0n) is 21.6. The number of carbonyl (C=O) groups is 1. The van der Waals surface area contributed by atoms with E-state index < -0.39 is 0 Å². The van der Waals surface area contributed by atoms with Crippen molar-refractivity contribution in [3.8, 4) is 0 Å². The van der Waals surface area contributed by atoms with E-state index in [9.17, 15) is 9.59 Å². The third kappa shape index (κ3) is 4.78. The van der Waals surface area contributed by atoms with Crippen molar-refractivity contribution in [3.63, 3.8) is 0 Å². The Morgan fingerprint density at radius 3 is 2.38 bits per heavy atom. The second-order valence-corrected chi connectivity index (χ2v) is 9.93. The second-order valence-electron chi connectivity index (χ2n) is 9.93. The van der Waals surface area contributed by atoms with Gasteiger partial charge in [-0.2, -0.15) is 0 Å². The lowest BCUT2D eigenvalue weighted by molar-refractivity contribution is 0.0743. The average Bonchev–Trinajstić information content (AvgIpc) is 3.27. The number of rotatable bonds is 6. The van der Waals surface area contributed by atoms with Gasteiger partial charge in [0.15, 0.2) is 5.43 Å². The highest BCUT2D eigenvalue weighted by atomic mass is 16.2. The molecule has 0 saturated carbocycles. The summed E-state index contributed by atoms with van der Waals surface area (Å²) in [7, 11) is 0. The summed E-state index contributed by atoms with van der Waals surface area (Å²) in [6.07, 6.45) is 3.07. The molecule has 0 spiro atoms. The van der Waals surface area contributed by atoms with Gasteiger partial charge in [-0.1, -0.05) is 31.5 Å². The van der Waals surface area contributed by atoms with Crippen molar-refractivity contribution >= 4 is 11.6 Å². The molecule has 184 valence electrons. The van der Waals surface area contributed by atoms with Crippen LogP contribution in [0.15, 0.2) is 29.1 Å². The number of hydrogen-bond acceptors (Lipinski definition) is 4. The summed E-state index contributed by atoms with van der Waals surface area (Å²) < 4.78 is 2.25. The Balaban J connectivity index is 1.55. The van der Waals surface area contributed by atoms with Gasteiger partial charge in [-0.25, -0.2) is 0 Å². The number of benzene rings is 1. The van der Waals surface area contributed by atoms with E-state index in [-0.39, 0.29) is 11.3 Å². The van der Waals surface area contributed by atoms with Crippen molar-refractivity contribution in [2.75, 3.05) is 44.2 Å². The topological polar surface area (TPSA) is 48.8 Å². The Hall–Kier alpha value is -2.60. The quantitative estimate of drug-likeness (QED) is 0.653. The molecule has 1 aromatic carbocycles. The van der Waals surface area contributed by atoms with Gasteiger partial charge in [-0.3, -0.25) is 14.5 Å². The Bertz CT molecular complexity index is 1100. The van der Waals surface area contributed by atoms with Gasteiger partial charge in [0.1, 0.15) is 5.56 Å². The standard InChI is InChI=1S/C28H40N4O2/c1-6-24-27(26(33)18-22(5)32(24)19-23-9-8-12-29(23)7-2)28(34)31-15-13-30(14-16-31)25-11-10-20(3)17-21(25)4/h10-11,17-18,23H,6-9,12-16,19H2,1-5H3/t23-/m1/s1. The molecule has 3 heterocycles. The number of nitrogens with zero attached hydrogens (tertiary/aromatic N) is 4. The number of hydrogen-bond donors (Lipinski definition) is 0. The van der Waals surface area contributed by atoms with Gasteiger partial charge in [-0.15, -0.1) is 0 Å². The summed E-state index contributed by atoms with van der Waals surface area (Å²) in [5.74, 6) is -0.102. The number of carbonyl (C=O) groups excluding carboxylic acids is 1. The number of pyridine rings is 1. The van der Waals surface area contributed by atoms with E-state index in [2.05, 4.69) is 60.3 Å². The Morgan fingerprint density at radius 2 is 1.74 bits per heavy atom. The van der Waals surface area contributed by atoms with Crippen molar-refractivity contribution < 1.29 is 4.79 Å². The maximum atomic E-state index is 13.7. The Kier molecular flexibility index (Phi) is 7.46. The molecule has 0 N–H and O–H groups in total. The number of amides is 1. The van der Waals surface area contributed by atoms with Crippen molar-refractivity contribution in [3.05, 3.63) is 62.6 Å². The van der Waals surface area contributed by atoms with Crippen LogP contribution in [-0.4, -0.2) is 65.6 Å². The summed E-state index contributed by atoms with van der Waals surface area (Å²) in [4.78, 5) is 33.5. The number of likely N-dealkylation sites (N-methyl/N-ethyl adjacent to an activating group) is 1. The van der Waals surface area contributed by atoms with Crippen molar-refractivity contribution in [1.29, 1.82) is 0 Å². The smallest absolute Gasteiger partial charge is 0.259 e. The molecule has 2 fully saturated rings. The highest BCUT2D eigenvalue weighted by Gasteiger charge is 2.29. The normalized spacial score (nSPS) is 19.1. The second kappa shape index (κ2) is 10.3. The van der Waals surface area contributed by atoms with E-state index in [4.69, 9.17) is 0 Å². The van der Waals surface area contributed by atoms with Gasteiger partial charge < -0.3 is 14.4 Å². The number of likely N-dealkylation sites (tertiary alicyclic amines) is 1. The van der Waals surface area contributed by atoms with Gasteiger partial charge in [0.25, 0.3) is 5.91 Å². The first-order chi connectivity index (χ1) is 16.3. The first kappa shape index (κ1) is 24.5. The summed E-state index contributed by atoms with van der Waals surface area (Å²) >= 11 is 0. The summed E-state index contributed by atoms with van der Waals surface area (Å²) in [6.45, 7) is 16.4. The number of aryl methyl sites for hydroxylation is 3. The minimum atomic E-state index is -0.133. The molecule has 2 aromatic rings. The van der Waals surface area contributed by atoms with Gasteiger partial charge in [0.2, 0.25) is 0 Å². The maximum Gasteiger partial charge on any atom is 0.259 e.